The van der Waals surface area contributed by atoms with Crippen LogP contribution >= 0.6 is 0 Å². The van der Waals surface area contributed by atoms with Crippen molar-refractivity contribution in [3.8, 4) is 0 Å². The molecule has 2 aliphatic heterocycles. The summed E-state index contributed by atoms with van der Waals surface area (Å²) < 4.78 is 47.3. The fraction of sp³-hybridized carbons (Fsp3) is 0.323. The Balaban J connectivity index is 1.54. The highest BCUT2D eigenvalue weighted by atomic mass is 19.2. The third-order valence-electron chi connectivity index (χ3n) is 7.43. The van der Waals surface area contributed by atoms with Crippen molar-refractivity contribution in [1.82, 2.24) is 10.2 Å². The van der Waals surface area contributed by atoms with Gasteiger partial charge in [-0.15, -0.1) is 0 Å². The Morgan fingerprint density at radius 2 is 1.62 bits per heavy atom. The van der Waals surface area contributed by atoms with Gasteiger partial charge in [0, 0.05) is 25.7 Å². The molecule has 0 aliphatic carbocycles. The number of hydrogen-bond acceptors (Lipinski definition) is 6. The van der Waals surface area contributed by atoms with Gasteiger partial charge < -0.3 is 25.0 Å². The molecule has 0 spiro atoms. The number of aliphatic hydroxyl groups excluding tert-OH is 1. The van der Waals surface area contributed by atoms with E-state index in [0.29, 0.717) is 30.2 Å². The Morgan fingerprint density at radius 1 is 0.976 bits per heavy atom. The van der Waals surface area contributed by atoms with Crippen LogP contribution in [0.3, 0.4) is 0 Å². The first-order valence-corrected chi connectivity index (χ1v) is 13.6. The van der Waals surface area contributed by atoms with Gasteiger partial charge in [0.15, 0.2) is 11.6 Å². The number of aliphatic imine (C=N–C) groups is 1. The van der Waals surface area contributed by atoms with Crippen LogP contribution in [0.5, 0.6) is 0 Å². The summed E-state index contributed by atoms with van der Waals surface area (Å²) in [5.41, 5.74) is 1.42. The molecule has 1 fully saturated rings. The van der Waals surface area contributed by atoms with Crippen LogP contribution in [0.1, 0.15) is 42.6 Å². The summed E-state index contributed by atoms with van der Waals surface area (Å²) in [7, 11) is 1.58. The summed E-state index contributed by atoms with van der Waals surface area (Å²) >= 11 is 0. The third-order valence-corrected chi connectivity index (χ3v) is 7.43. The average Bonchev–Trinajstić information content (AvgIpc) is 3.06. The summed E-state index contributed by atoms with van der Waals surface area (Å²) in [6, 6.07) is 14.9. The lowest BCUT2D eigenvalue weighted by atomic mass is 9.88. The van der Waals surface area contributed by atoms with Crippen LogP contribution in [0.4, 0.5) is 18.9 Å². The largest absolute Gasteiger partial charge is 0.387 e. The number of hydrogen-bond donors (Lipinski definition) is 2. The summed E-state index contributed by atoms with van der Waals surface area (Å²) in [5, 5.41) is 13.9. The van der Waals surface area contributed by atoms with Crippen molar-refractivity contribution in [2.24, 2.45) is 4.99 Å². The van der Waals surface area contributed by atoms with Crippen molar-refractivity contribution in [2.75, 3.05) is 25.0 Å². The van der Waals surface area contributed by atoms with E-state index in [1.165, 1.54) is 17.0 Å². The highest BCUT2D eigenvalue weighted by molar-refractivity contribution is 6.12. The Hall–Kier alpha value is -4.22. The molecule has 2 amide bonds. The molecule has 0 aromatic heterocycles. The number of fused-ring (bicyclic) bond motifs is 1. The second-order valence-electron chi connectivity index (χ2n) is 10.6. The molecule has 2 N–H and O–H groups in total. The zero-order valence-corrected chi connectivity index (χ0v) is 23.3. The number of para-hydroxylation sites is 1. The van der Waals surface area contributed by atoms with Crippen LogP contribution in [0.25, 0.3) is 0 Å². The standard InChI is InChI=1S/C31H31F3N4O4/c1-17-15-38(16-18(2)42-17)29-22-6-4-5-7-25(22)37(3)31(41)28(35-29)36-30(40)26(19-8-11-21(32)12-9-19)27(39)20-10-13-23(33)24(34)14-20/h4-14,17-18,26-28,39H,15-16H2,1-3H3,(H,36,40)/t17?,18?,26-,27+,28?/m1/s1. The van der Waals surface area contributed by atoms with Crippen molar-refractivity contribution in [1.29, 1.82) is 0 Å². The van der Waals surface area contributed by atoms with E-state index in [4.69, 9.17) is 9.73 Å². The minimum atomic E-state index is -1.66. The molecule has 8 nitrogen and oxygen atoms in total. The predicted molar refractivity (Wildman–Crippen MR) is 150 cm³/mol. The number of nitrogens with one attached hydrogen (secondary N) is 1. The minimum absolute atomic E-state index is 0.0735. The van der Waals surface area contributed by atoms with Gasteiger partial charge in [0.05, 0.1) is 29.9 Å². The number of carbonyl (C=O) groups excluding carboxylic acids is 2. The van der Waals surface area contributed by atoms with E-state index < -0.39 is 47.5 Å². The van der Waals surface area contributed by atoms with Gasteiger partial charge >= 0.3 is 0 Å². The van der Waals surface area contributed by atoms with Crippen LogP contribution in [0.15, 0.2) is 71.7 Å². The van der Waals surface area contributed by atoms with Crippen LogP contribution in [-0.4, -0.2) is 66.2 Å². The zero-order chi connectivity index (χ0) is 30.1. The van der Waals surface area contributed by atoms with E-state index in [0.717, 1.165) is 30.3 Å². The Bertz CT molecular complexity index is 1510. The number of benzene rings is 3. The molecule has 0 saturated carbocycles. The van der Waals surface area contributed by atoms with Crippen molar-refractivity contribution < 1.29 is 32.6 Å². The molecule has 220 valence electrons. The number of ether oxygens (including phenoxy) is 1. The number of morpholine rings is 1. The number of rotatable bonds is 5. The van der Waals surface area contributed by atoms with Crippen molar-refractivity contribution in [3.63, 3.8) is 0 Å². The van der Waals surface area contributed by atoms with Crippen molar-refractivity contribution in [3.05, 3.63) is 101 Å². The molecule has 42 heavy (non-hydrogen) atoms. The maximum absolute atomic E-state index is 14.1. The molecule has 3 unspecified atom stereocenters. The van der Waals surface area contributed by atoms with E-state index in [1.807, 2.05) is 30.9 Å². The second-order valence-corrected chi connectivity index (χ2v) is 10.6. The van der Waals surface area contributed by atoms with Gasteiger partial charge in [-0.1, -0.05) is 30.3 Å². The lowest BCUT2D eigenvalue weighted by Crippen LogP contribution is -2.50. The quantitative estimate of drug-likeness (QED) is 0.478. The molecule has 5 atom stereocenters. The molecular weight excluding hydrogens is 549 g/mol. The summed E-state index contributed by atoms with van der Waals surface area (Å²) in [6.45, 7) is 4.89. The highest BCUT2D eigenvalue weighted by Gasteiger charge is 2.37. The second kappa shape index (κ2) is 11.9. The average molecular weight is 581 g/mol. The number of amidine groups is 1. The number of nitrogens with zero attached hydrogens (tertiary/aromatic N) is 3. The van der Waals surface area contributed by atoms with Crippen molar-refractivity contribution >= 4 is 23.3 Å². The van der Waals surface area contributed by atoms with E-state index >= 15 is 0 Å². The summed E-state index contributed by atoms with van der Waals surface area (Å²) in [4.78, 5) is 35.7. The molecule has 3 aromatic rings. The van der Waals surface area contributed by atoms with Gasteiger partial charge in [-0.2, -0.15) is 0 Å². The smallest absolute Gasteiger partial charge is 0.272 e. The fourth-order valence-electron chi connectivity index (χ4n) is 5.46. The molecule has 3 aromatic carbocycles. The summed E-state index contributed by atoms with van der Waals surface area (Å²) in [6.07, 6.45) is -3.27. The lowest BCUT2D eigenvalue weighted by molar-refractivity contribution is -0.130. The number of halogens is 3. The number of likely N-dealkylation sites (N-methyl/N-ethyl adjacent to an activating group) is 1. The predicted octanol–water partition coefficient (Wildman–Crippen LogP) is 3.90. The molecule has 2 aliphatic rings. The Morgan fingerprint density at radius 3 is 2.29 bits per heavy atom. The van der Waals surface area contributed by atoms with Gasteiger partial charge in [-0.3, -0.25) is 9.59 Å². The van der Waals surface area contributed by atoms with Crippen LogP contribution in [-0.2, 0) is 14.3 Å². The van der Waals surface area contributed by atoms with E-state index in [-0.39, 0.29) is 23.3 Å². The Kier molecular flexibility index (Phi) is 8.33. The molecule has 1 saturated heterocycles. The van der Waals surface area contributed by atoms with Crippen molar-refractivity contribution in [2.45, 2.75) is 44.2 Å². The first-order chi connectivity index (χ1) is 20.0. The normalized spacial score (nSPS) is 22.1. The van der Waals surface area contributed by atoms with Crippen LogP contribution in [0.2, 0.25) is 0 Å². The van der Waals surface area contributed by atoms with E-state index in [2.05, 4.69) is 5.32 Å². The summed E-state index contributed by atoms with van der Waals surface area (Å²) in [5.74, 6) is -5.15. The van der Waals surface area contributed by atoms with Gasteiger partial charge in [0.2, 0.25) is 12.1 Å². The molecule has 2 heterocycles. The number of amides is 2. The molecular formula is C31H31F3N4O4. The van der Waals surface area contributed by atoms with Crippen LogP contribution < -0.4 is 10.2 Å². The maximum atomic E-state index is 14.1. The maximum Gasteiger partial charge on any atom is 0.272 e. The van der Waals surface area contributed by atoms with Gasteiger partial charge in [0.1, 0.15) is 11.7 Å². The topological polar surface area (TPSA) is 94.5 Å². The number of benzodiazepines with no additional fused rings is 1. The molecule has 11 heteroatoms. The van der Waals surface area contributed by atoms with E-state index in [1.54, 1.807) is 19.2 Å². The monoisotopic (exact) mass is 580 g/mol. The third kappa shape index (κ3) is 5.88. The highest BCUT2D eigenvalue weighted by Crippen LogP contribution is 2.33. The van der Waals surface area contributed by atoms with E-state index in [9.17, 15) is 27.9 Å². The van der Waals surface area contributed by atoms with Gasteiger partial charge in [-0.25, -0.2) is 18.2 Å². The zero-order valence-electron chi connectivity index (χ0n) is 23.3. The first-order valence-electron chi connectivity index (χ1n) is 13.6. The lowest BCUT2D eigenvalue weighted by Gasteiger charge is -2.37. The SMILES string of the molecule is CC1CN(C2=NC(NC(=O)[C@H](c3ccc(F)cc3)[C@@H](O)c3ccc(F)c(F)c3)C(=O)N(C)c3ccccc32)CC(C)O1. The Labute approximate surface area is 241 Å². The first kappa shape index (κ1) is 29.3. The van der Waals surface area contributed by atoms with Gasteiger partial charge in [-0.05, 0) is 61.4 Å². The fourth-order valence-corrected chi connectivity index (χ4v) is 5.46. The number of anilines is 1. The molecule has 0 bridgehead atoms. The molecule has 0 radical (unpaired) electrons. The molecule has 5 rings (SSSR count). The number of aliphatic hydroxyl groups is 1. The van der Waals surface area contributed by atoms with Crippen LogP contribution in [0, 0.1) is 17.5 Å². The van der Waals surface area contributed by atoms with Gasteiger partial charge in [0.25, 0.3) is 5.91 Å². The number of carbonyl (C=O) groups is 2. The minimum Gasteiger partial charge on any atom is -0.387 e.